The Morgan fingerprint density at radius 1 is 1.29 bits per heavy atom. The summed E-state index contributed by atoms with van der Waals surface area (Å²) in [6, 6.07) is 10.5. The maximum Gasteiger partial charge on any atom is 0.222 e. The van der Waals surface area contributed by atoms with Gasteiger partial charge in [-0.05, 0) is 37.2 Å². The molecule has 1 saturated heterocycles. The van der Waals surface area contributed by atoms with E-state index in [1.54, 1.807) is 6.33 Å². The second-order valence-electron chi connectivity index (χ2n) is 6.17. The van der Waals surface area contributed by atoms with E-state index in [4.69, 9.17) is 4.74 Å². The lowest BCUT2D eigenvalue weighted by Crippen LogP contribution is -2.30. The first-order valence-electron chi connectivity index (χ1n) is 8.26. The summed E-state index contributed by atoms with van der Waals surface area (Å²) in [6.07, 6.45) is 4.76. The Bertz CT molecular complexity index is 838. The second-order valence-corrected chi connectivity index (χ2v) is 6.17. The number of nitrogens with one attached hydrogen (secondary N) is 2. The SMILES string of the molecule is Cn1ccc2cc(Oc3cc(CNC4CCNC4)ncn3)ccc21. The number of aryl methyl sites for hydroxylation is 1. The molecule has 4 rings (SSSR count). The lowest BCUT2D eigenvalue weighted by molar-refractivity contribution is 0.459. The normalized spacial score (nSPS) is 17.5. The van der Waals surface area contributed by atoms with Gasteiger partial charge >= 0.3 is 0 Å². The van der Waals surface area contributed by atoms with Crippen LogP contribution in [0.3, 0.4) is 0 Å². The molecule has 0 aliphatic carbocycles. The third-order valence-electron chi connectivity index (χ3n) is 4.41. The second kappa shape index (κ2) is 6.59. The van der Waals surface area contributed by atoms with E-state index in [1.807, 2.05) is 31.4 Å². The molecule has 1 atom stereocenters. The van der Waals surface area contributed by atoms with E-state index in [9.17, 15) is 0 Å². The van der Waals surface area contributed by atoms with Crippen LogP contribution in [0.4, 0.5) is 0 Å². The van der Waals surface area contributed by atoms with Gasteiger partial charge in [-0.2, -0.15) is 0 Å². The molecule has 2 N–H and O–H groups in total. The number of nitrogens with zero attached hydrogens (tertiary/aromatic N) is 3. The topological polar surface area (TPSA) is 64.0 Å². The first kappa shape index (κ1) is 15.1. The molecule has 6 heteroatoms. The summed E-state index contributed by atoms with van der Waals surface area (Å²) in [4.78, 5) is 8.54. The summed E-state index contributed by atoms with van der Waals surface area (Å²) in [6.45, 7) is 2.83. The fraction of sp³-hybridized carbons (Fsp3) is 0.333. The third kappa shape index (κ3) is 3.25. The van der Waals surface area contributed by atoms with Crippen molar-refractivity contribution in [1.82, 2.24) is 25.2 Å². The van der Waals surface area contributed by atoms with Crippen LogP contribution in [0.25, 0.3) is 10.9 Å². The van der Waals surface area contributed by atoms with Crippen molar-refractivity contribution in [2.24, 2.45) is 7.05 Å². The largest absolute Gasteiger partial charge is 0.439 e. The summed E-state index contributed by atoms with van der Waals surface area (Å²) in [7, 11) is 2.03. The molecule has 0 bridgehead atoms. The first-order valence-corrected chi connectivity index (χ1v) is 8.26. The highest BCUT2D eigenvalue weighted by molar-refractivity contribution is 5.81. The number of rotatable bonds is 5. The fourth-order valence-electron chi connectivity index (χ4n) is 3.05. The van der Waals surface area contributed by atoms with Crippen molar-refractivity contribution in [1.29, 1.82) is 0 Å². The molecular weight excluding hydrogens is 302 g/mol. The van der Waals surface area contributed by atoms with E-state index >= 15 is 0 Å². The minimum absolute atomic E-state index is 0.518. The molecule has 0 amide bonds. The average Bonchev–Trinajstić information content (AvgIpc) is 3.24. The van der Waals surface area contributed by atoms with Gasteiger partial charge in [0.1, 0.15) is 12.1 Å². The smallest absolute Gasteiger partial charge is 0.222 e. The molecule has 3 aromatic rings. The molecule has 1 aliphatic rings. The van der Waals surface area contributed by atoms with Gasteiger partial charge in [0.25, 0.3) is 0 Å². The quantitative estimate of drug-likeness (QED) is 0.754. The molecule has 1 aromatic carbocycles. The van der Waals surface area contributed by atoms with Gasteiger partial charge < -0.3 is 19.9 Å². The number of hydrogen-bond acceptors (Lipinski definition) is 5. The van der Waals surface area contributed by atoms with Crippen LogP contribution < -0.4 is 15.4 Å². The van der Waals surface area contributed by atoms with Crippen LogP contribution in [0.1, 0.15) is 12.1 Å². The van der Waals surface area contributed by atoms with Crippen molar-refractivity contribution < 1.29 is 4.74 Å². The summed E-state index contributed by atoms with van der Waals surface area (Å²) in [5.41, 5.74) is 2.12. The van der Waals surface area contributed by atoms with E-state index in [2.05, 4.69) is 37.3 Å². The number of aromatic nitrogens is 3. The van der Waals surface area contributed by atoms with Crippen LogP contribution >= 0.6 is 0 Å². The van der Waals surface area contributed by atoms with E-state index in [1.165, 1.54) is 5.52 Å². The molecule has 6 nitrogen and oxygen atoms in total. The Kier molecular flexibility index (Phi) is 4.15. The molecule has 1 aliphatic heterocycles. The van der Waals surface area contributed by atoms with E-state index in [0.29, 0.717) is 11.9 Å². The first-order chi connectivity index (χ1) is 11.8. The zero-order valence-corrected chi connectivity index (χ0v) is 13.7. The molecule has 2 aromatic heterocycles. The van der Waals surface area contributed by atoms with Crippen molar-refractivity contribution in [3.05, 3.63) is 48.5 Å². The molecule has 3 heterocycles. The Morgan fingerprint density at radius 3 is 3.12 bits per heavy atom. The van der Waals surface area contributed by atoms with Gasteiger partial charge in [0.05, 0.1) is 5.69 Å². The summed E-state index contributed by atoms with van der Waals surface area (Å²) < 4.78 is 8.00. The molecule has 0 saturated carbocycles. The van der Waals surface area contributed by atoms with Gasteiger partial charge in [0, 0.05) is 49.3 Å². The van der Waals surface area contributed by atoms with Crippen molar-refractivity contribution in [2.45, 2.75) is 19.0 Å². The van der Waals surface area contributed by atoms with Crippen molar-refractivity contribution in [2.75, 3.05) is 13.1 Å². The minimum atomic E-state index is 0.518. The van der Waals surface area contributed by atoms with Gasteiger partial charge in [-0.25, -0.2) is 9.97 Å². The molecule has 0 radical (unpaired) electrons. The Hall–Kier alpha value is -2.44. The standard InChI is InChI=1S/C18H21N5O/c1-23-7-5-13-8-16(2-3-17(13)23)24-18-9-15(21-12-22-18)11-20-14-4-6-19-10-14/h2-3,5,7-9,12,14,19-20H,4,6,10-11H2,1H3. The Morgan fingerprint density at radius 2 is 2.25 bits per heavy atom. The number of hydrogen-bond donors (Lipinski definition) is 2. The van der Waals surface area contributed by atoms with Crippen LogP contribution in [0.5, 0.6) is 11.6 Å². The highest BCUT2D eigenvalue weighted by Gasteiger charge is 2.13. The Balaban J connectivity index is 1.45. The van der Waals surface area contributed by atoms with Crippen LogP contribution in [0, 0.1) is 0 Å². The maximum absolute atomic E-state index is 5.91. The van der Waals surface area contributed by atoms with E-state index in [-0.39, 0.29) is 0 Å². The van der Waals surface area contributed by atoms with Gasteiger partial charge in [-0.15, -0.1) is 0 Å². The van der Waals surface area contributed by atoms with Gasteiger partial charge in [0.15, 0.2) is 0 Å². The maximum atomic E-state index is 5.91. The molecular formula is C18H21N5O. The van der Waals surface area contributed by atoms with Crippen LogP contribution in [-0.2, 0) is 13.6 Å². The summed E-state index contributed by atoms with van der Waals surface area (Å²) in [5, 5.41) is 8.00. The fourth-order valence-corrected chi connectivity index (χ4v) is 3.05. The Labute approximate surface area is 140 Å². The summed E-state index contributed by atoms with van der Waals surface area (Å²) >= 11 is 0. The zero-order valence-electron chi connectivity index (χ0n) is 13.7. The van der Waals surface area contributed by atoms with Crippen molar-refractivity contribution in [3.8, 4) is 11.6 Å². The van der Waals surface area contributed by atoms with E-state index in [0.717, 1.165) is 42.9 Å². The molecule has 1 unspecified atom stereocenters. The van der Waals surface area contributed by atoms with Crippen molar-refractivity contribution >= 4 is 10.9 Å². The number of ether oxygens (including phenoxy) is 1. The summed E-state index contributed by atoms with van der Waals surface area (Å²) in [5.74, 6) is 1.35. The van der Waals surface area contributed by atoms with Crippen LogP contribution in [0.15, 0.2) is 42.9 Å². The minimum Gasteiger partial charge on any atom is -0.439 e. The van der Waals surface area contributed by atoms with E-state index < -0.39 is 0 Å². The van der Waals surface area contributed by atoms with Gasteiger partial charge in [-0.1, -0.05) is 0 Å². The number of benzene rings is 1. The van der Waals surface area contributed by atoms with Crippen LogP contribution in [-0.4, -0.2) is 33.7 Å². The number of fused-ring (bicyclic) bond motifs is 1. The predicted molar refractivity (Wildman–Crippen MR) is 93.1 cm³/mol. The van der Waals surface area contributed by atoms with Gasteiger partial charge in [-0.3, -0.25) is 0 Å². The monoisotopic (exact) mass is 323 g/mol. The molecule has 0 spiro atoms. The molecule has 124 valence electrons. The van der Waals surface area contributed by atoms with Gasteiger partial charge in [0.2, 0.25) is 5.88 Å². The highest BCUT2D eigenvalue weighted by atomic mass is 16.5. The zero-order chi connectivity index (χ0) is 16.4. The average molecular weight is 323 g/mol. The van der Waals surface area contributed by atoms with Crippen molar-refractivity contribution in [3.63, 3.8) is 0 Å². The van der Waals surface area contributed by atoms with Crippen LogP contribution in [0.2, 0.25) is 0 Å². The lowest BCUT2D eigenvalue weighted by Gasteiger charge is -2.11. The molecule has 1 fully saturated rings. The third-order valence-corrected chi connectivity index (χ3v) is 4.41. The highest BCUT2D eigenvalue weighted by Crippen LogP contribution is 2.25. The lowest BCUT2D eigenvalue weighted by atomic mass is 10.2. The molecule has 24 heavy (non-hydrogen) atoms. The predicted octanol–water partition coefficient (Wildman–Crippen LogP) is 2.21.